The Kier molecular flexibility index (Phi) is 6.32. The number of amides is 1. The Labute approximate surface area is 198 Å². The molecule has 6 heteroatoms. The zero-order chi connectivity index (χ0) is 23.5. The predicted molar refractivity (Wildman–Crippen MR) is 133 cm³/mol. The molecule has 0 aliphatic carbocycles. The van der Waals surface area contributed by atoms with Gasteiger partial charge in [0.15, 0.2) is 5.43 Å². The number of rotatable bonds is 7. The molecule has 0 bridgehead atoms. The third kappa shape index (κ3) is 4.41. The van der Waals surface area contributed by atoms with Gasteiger partial charge in [-0.3, -0.25) is 9.59 Å². The fourth-order valence-corrected chi connectivity index (χ4v) is 4.76. The summed E-state index contributed by atoms with van der Waals surface area (Å²) in [5.41, 5.74) is 2.51. The van der Waals surface area contributed by atoms with Crippen molar-refractivity contribution in [3.63, 3.8) is 0 Å². The average molecular weight is 457 g/mol. The van der Waals surface area contributed by atoms with Crippen molar-refractivity contribution in [2.75, 3.05) is 20.3 Å². The highest BCUT2D eigenvalue weighted by Crippen LogP contribution is 2.22. The van der Waals surface area contributed by atoms with Gasteiger partial charge in [-0.15, -0.1) is 0 Å². The number of hydrogen-bond acceptors (Lipinski definition) is 4. The first-order valence-electron chi connectivity index (χ1n) is 11.7. The van der Waals surface area contributed by atoms with Crippen molar-refractivity contribution >= 4 is 27.7 Å². The van der Waals surface area contributed by atoms with Crippen molar-refractivity contribution in [2.45, 2.75) is 32.0 Å². The fourth-order valence-electron chi connectivity index (χ4n) is 4.76. The summed E-state index contributed by atoms with van der Waals surface area (Å²) < 4.78 is 13.2. The third-order valence-corrected chi connectivity index (χ3v) is 6.48. The first kappa shape index (κ1) is 22.2. The molecule has 1 aliphatic rings. The van der Waals surface area contributed by atoms with Crippen LogP contribution in [-0.2, 0) is 22.6 Å². The molecule has 1 unspecified atom stereocenters. The Morgan fingerprint density at radius 3 is 2.38 bits per heavy atom. The van der Waals surface area contributed by atoms with Crippen LogP contribution in [-0.4, -0.2) is 41.7 Å². The van der Waals surface area contributed by atoms with Crippen molar-refractivity contribution in [2.24, 2.45) is 0 Å². The molecule has 0 N–H and O–H groups in total. The van der Waals surface area contributed by atoms with Crippen LogP contribution in [0.3, 0.4) is 0 Å². The van der Waals surface area contributed by atoms with E-state index in [0.717, 1.165) is 41.8 Å². The summed E-state index contributed by atoms with van der Waals surface area (Å²) in [6.07, 6.45) is 2.00. The van der Waals surface area contributed by atoms with Crippen molar-refractivity contribution in [1.82, 2.24) is 9.47 Å². The van der Waals surface area contributed by atoms with Crippen molar-refractivity contribution < 1.29 is 14.3 Å². The maximum absolute atomic E-state index is 13.8. The van der Waals surface area contributed by atoms with Gasteiger partial charge in [-0.1, -0.05) is 36.4 Å². The lowest BCUT2D eigenvalue weighted by Crippen LogP contribution is -2.39. The summed E-state index contributed by atoms with van der Waals surface area (Å²) in [6.45, 7) is 1.87. The van der Waals surface area contributed by atoms with E-state index in [9.17, 15) is 9.59 Å². The molecular formula is C28H28N2O4. The highest BCUT2D eigenvalue weighted by molar-refractivity contribution is 5.94. The summed E-state index contributed by atoms with van der Waals surface area (Å²) >= 11 is 0. The topological polar surface area (TPSA) is 60.8 Å². The van der Waals surface area contributed by atoms with Crippen LogP contribution in [0, 0.1) is 0 Å². The van der Waals surface area contributed by atoms with E-state index in [1.807, 2.05) is 82.3 Å². The van der Waals surface area contributed by atoms with Gasteiger partial charge in [0, 0.05) is 30.5 Å². The molecule has 5 rings (SSSR count). The molecular weight excluding hydrogens is 428 g/mol. The molecule has 1 saturated heterocycles. The van der Waals surface area contributed by atoms with E-state index in [-0.39, 0.29) is 24.0 Å². The molecule has 3 aromatic carbocycles. The van der Waals surface area contributed by atoms with Crippen LogP contribution in [0.4, 0.5) is 0 Å². The third-order valence-electron chi connectivity index (χ3n) is 6.48. The first-order valence-corrected chi connectivity index (χ1v) is 11.7. The number of carbonyl (C=O) groups is 1. The van der Waals surface area contributed by atoms with E-state index >= 15 is 0 Å². The van der Waals surface area contributed by atoms with Crippen LogP contribution in [0.25, 0.3) is 21.8 Å². The minimum absolute atomic E-state index is 0.0116. The van der Waals surface area contributed by atoms with Gasteiger partial charge < -0.3 is 18.9 Å². The van der Waals surface area contributed by atoms with Crippen LogP contribution in [0.5, 0.6) is 5.75 Å². The Hall–Kier alpha value is -3.64. The zero-order valence-corrected chi connectivity index (χ0v) is 19.3. The number of fused-ring (bicyclic) bond motifs is 2. The molecule has 0 spiro atoms. The number of ether oxygens (including phenoxy) is 2. The lowest BCUT2D eigenvalue weighted by Gasteiger charge is -2.27. The fraction of sp³-hybridized carbons (Fsp3) is 0.286. The molecule has 6 nitrogen and oxygen atoms in total. The highest BCUT2D eigenvalue weighted by atomic mass is 16.5. The van der Waals surface area contributed by atoms with E-state index in [0.29, 0.717) is 23.9 Å². The van der Waals surface area contributed by atoms with E-state index in [4.69, 9.17) is 9.47 Å². The van der Waals surface area contributed by atoms with Crippen LogP contribution in [0.15, 0.2) is 77.6 Å². The van der Waals surface area contributed by atoms with Gasteiger partial charge in [-0.05, 0) is 54.8 Å². The standard InChI is InChI=1S/C28H28N2O4/c1-33-21-9-6-8-20(16-21)17-29(18-22-10-7-15-34-22)27(31)19-30-25-13-4-2-11-23(25)28(32)24-12-3-5-14-26(24)30/h2-6,8-9,11-14,16,22H,7,10,15,17-19H2,1H3. The number of nitrogens with zero attached hydrogens (tertiary/aromatic N) is 2. The normalized spacial score (nSPS) is 15.6. The Morgan fingerprint density at radius 2 is 1.74 bits per heavy atom. The maximum Gasteiger partial charge on any atom is 0.242 e. The second kappa shape index (κ2) is 9.69. The molecule has 34 heavy (non-hydrogen) atoms. The van der Waals surface area contributed by atoms with E-state index in [2.05, 4.69) is 0 Å². The van der Waals surface area contributed by atoms with Gasteiger partial charge in [0.1, 0.15) is 12.3 Å². The van der Waals surface area contributed by atoms with Crippen molar-refractivity contribution in [3.8, 4) is 5.75 Å². The molecule has 1 aromatic heterocycles. The quantitative estimate of drug-likeness (QED) is 0.388. The van der Waals surface area contributed by atoms with Crippen LogP contribution in [0.2, 0.25) is 0 Å². The second-order valence-corrected chi connectivity index (χ2v) is 8.71. The molecule has 0 saturated carbocycles. The molecule has 1 amide bonds. The highest BCUT2D eigenvalue weighted by Gasteiger charge is 2.24. The van der Waals surface area contributed by atoms with Crippen LogP contribution >= 0.6 is 0 Å². The summed E-state index contributed by atoms with van der Waals surface area (Å²) in [5.74, 6) is 0.747. The maximum atomic E-state index is 13.8. The number of benzene rings is 3. The number of carbonyl (C=O) groups excluding carboxylic acids is 1. The largest absolute Gasteiger partial charge is 0.497 e. The number of para-hydroxylation sites is 2. The van der Waals surface area contributed by atoms with Crippen LogP contribution in [0.1, 0.15) is 18.4 Å². The molecule has 1 aliphatic heterocycles. The SMILES string of the molecule is COc1cccc(CN(CC2CCCO2)C(=O)Cn2c3ccccc3c(=O)c3ccccc32)c1. The summed E-state index contributed by atoms with van der Waals surface area (Å²) in [4.78, 5) is 28.7. The molecule has 4 aromatic rings. The summed E-state index contributed by atoms with van der Waals surface area (Å²) in [5, 5.41) is 1.24. The Balaban J connectivity index is 1.52. The van der Waals surface area contributed by atoms with Gasteiger partial charge >= 0.3 is 0 Å². The summed E-state index contributed by atoms with van der Waals surface area (Å²) in [6, 6.07) is 22.8. The van der Waals surface area contributed by atoms with Crippen molar-refractivity contribution in [3.05, 3.63) is 88.6 Å². The van der Waals surface area contributed by atoms with Crippen LogP contribution < -0.4 is 10.2 Å². The van der Waals surface area contributed by atoms with E-state index < -0.39 is 0 Å². The molecule has 2 heterocycles. The Bertz CT molecular complexity index is 1330. The zero-order valence-electron chi connectivity index (χ0n) is 19.3. The minimum atomic E-state index is -0.0164. The lowest BCUT2D eigenvalue weighted by molar-refractivity contribution is -0.134. The van der Waals surface area contributed by atoms with E-state index in [1.165, 1.54) is 0 Å². The van der Waals surface area contributed by atoms with Gasteiger partial charge in [0.25, 0.3) is 0 Å². The monoisotopic (exact) mass is 456 g/mol. The lowest BCUT2D eigenvalue weighted by atomic mass is 10.1. The number of pyridine rings is 1. The average Bonchev–Trinajstić information content (AvgIpc) is 3.39. The number of hydrogen-bond donors (Lipinski definition) is 0. The Morgan fingerprint density at radius 1 is 1.03 bits per heavy atom. The molecule has 1 fully saturated rings. The minimum Gasteiger partial charge on any atom is -0.497 e. The van der Waals surface area contributed by atoms with E-state index in [1.54, 1.807) is 7.11 Å². The predicted octanol–water partition coefficient (Wildman–Crippen LogP) is 4.37. The number of aromatic nitrogens is 1. The first-order chi connectivity index (χ1) is 16.6. The van der Waals surface area contributed by atoms with Gasteiger partial charge in [0.05, 0.1) is 24.2 Å². The van der Waals surface area contributed by atoms with Crippen molar-refractivity contribution in [1.29, 1.82) is 0 Å². The second-order valence-electron chi connectivity index (χ2n) is 8.71. The molecule has 0 radical (unpaired) electrons. The van der Waals surface area contributed by atoms with Gasteiger partial charge in [-0.2, -0.15) is 0 Å². The summed E-state index contributed by atoms with van der Waals surface area (Å²) in [7, 11) is 1.64. The molecule has 174 valence electrons. The van der Waals surface area contributed by atoms with Gasteiger partial charge in [0.2, 0.25) is 5.91 Å². The van der Waals surface area contributed by atoms with Gasteiger partial charge in [-0.25, -0.2) is 0 Å². The smallest absolute Gasteiger partial charge is 0.242 e. The number of methoxy groups -OCH3 is 1. The molecule has 1 atom stereocenters.